The number of fused-ring (bicyclic) bond motifs is 1. The largest absolute Gasteiger partial charge is 0.350 e. The minimum absolute atomic E-state index is 0.0206. The van der Waals surface area contributed by atoms with Gasteiger partial charge < -0.3 is 14.8 Å². The fourth-order valence-corrected chi connectivity index (χ4v) is 5.60. The van der Waals surface area contributed by atoms with Gasteiger partial charge in [0.15, 0.2) is 0 Å². The monoisotopic (exact) mass is 433 g/mol. The Hall–Kier alpha value is -3.15. The highest BCUT2D eigenvalue weighted by atomic mass is 19.1. The van der Waals surface area contributed by atoms with Crippen LogP contribution in [0.15, 0.2) is 54.7 Å². The molecule has 5 nitrogen and oxygen atoms in total. The lowest BCUT2D eigenvalue weighted by molar-refractivity contribution is -0.130. The fourth-order valence-electron chi connectivity index (χ4n) is 5.60. The van der Waals surface area contributed by atoms with E-state index < -0.39 is 5.54 Å². The van der Waals surface area contributed by atoms with E-state index in [1.807, 2.05) is 47.0 Å². The molecule has 166 valence electrons. The van der Waals surface area contributed by atoms with Crippen LogP contribution in [0.3, 0.4) is 0 Å². The molecule has 0 aliphatic carbocycles. The zero-order valence-electron chi connectivity index (χ0n) is 18.3. The molecule has 6 heteroatoms. The number of halogens is 1. The van der Waals surface area contributed by atoms with Crippen LogP contribution in [0.1, 0.15) is 42.7 Å². The third-order valence-corrected chi connectivity index (χ3v) is 7.13. The number of carbonyl (C=O) groups excluding carboxylic acids is 2. The second-order valence-electron chi connectivity index (χ2n) is 9.25. The number of para-hydroxylation sites is 1. The zero-order valence-corrected chi connectivity index (χ0v) is 18.3. The molecule has 2 aliphatic heterocycles. The summed E-state index contributed by atoms with van der Waals surface area (Å²) < 4.78 is 16.1. The molecule has 2 amide bonds. The molecule has 0 saturated carbocycles. The number of aromatic nitrogens is 1. The van der Waals surface area contributed by atoms with Crippen molar-refractivity contribution in [2.45, 2.75) is 43.6 Å². The van der Waals surface area contributed by atoms with Crippen molar-refractivity contribution in [2.24, 2.45) is 7.05 Å². The predicted molar refractivity (Wildman–Crippen MR) is 122 cm³/mol. The molecule has 0 unspecified atom stereocenters. The molecule has 1 aromatic heterocycles. The maximum atomic E-state index is 14.1. The Bertz CT molecular complexity index is 1190. The molecule has 0 bridgehead atoms. The molecule has 0 radical (unpaired) electrons. The maximum Gasteiger partial charge on any atom is 0.227 e. The zero-order chi connectivity index (χ0) is 22.3. The second kappa shape index (κ2) is 8.08. The van der Waals surface area contributed by atoms with E-state index in [1.54, 1.807) is 12.1 Å². The van der Waals surface area contributed by atoms with Gasteiger partial charge in [-0.2, -0.15) is 0 Å². The Labute approximate surface area is 187 Å². The molecule has 2 aliphatic rings. The van der Waals surface area contributed by atoms with Crippen LogP contribution in [0.5, 0.6) is 0 Å². The minimum atomic E-state index is -0.546. The van der Waals surface area contributed by atoms with Crippen LogP contribution >= 0.6 is 0 Å². The Morgan fingerprint density at radius 3 is 2.88 bits per heavy atom. The molecule has 1 spiro atoms. The number of benzene rings is 2. The molecule has 2 fully saturated rings. The summed E-state index contributed by atoms with van der Waals surface area (Å²) in [6.45, 7) is 0.941. The topological polar surface area (TPSA) is 54.3 Å². The molecular formula is C26H28FN3O2. The average Bonchev–Trinajstić information content (AvgIpc) is 3.22. The summed E-state index contributed by atoms with van der Waals surface area (Å²) in [5.74, 6) is -0.361. The first-order chi connectivity index (χ1) is 15.4. The third kappa shape index (κ3) is 3.68. The van der Waals surface area contributed by atoms with Gasteiger partial charge in [0.1, 0.15) is 5.82 Å². The summed E-state index contributed by atoms with van der Waals surface area (Å²) in [6, 6.07) is 14.7. The van der Waals surface area contributed by atoms with E-state index in [0.29, 0.717) is 25.9 Å². The van der Waals surface area contributed by atoms with E-state index in [4.69, 9.17) is 0 Å². The minimum Gasteiger partial charge on any atom is -0.350 e. The first-order valence-electron chi connectivity index (χ1n) is 11.3. The molecule has 5 rings (SSSR count). The summed E-state index contributed by atoms with van der Waals surface area (Å²) in [5.41, 5.74) is 2.39. The van der Waals surface area contributed by atoms with Crippen molar-refractivity contribution in [3.05, 3.63) is 71.7 Å². The summed E-state index contributed by atoms with van der Waals surface area (Å²) in [7, 11) is 1.99. The van der Waals surface area contributed by atoms with Crippen molar-refractivity contribution in [2.75, 3.05) is 13.1 Å². The van der Waals surface area contributed by atoms with Crippen LogP contribution in [0.2, 0.25) is 0 Å². The smallest absolute Gasteiger partial charge is 0.227 e. The maximum absolute atomic E-state index is 14.1. The van der Waals surface area contributed by atoms with Crippen molar-refractivity contribution < 1.29 is 14.0 Å². The van der Waals surface area contributed by atoms with Gasteiger partial charge in [0, 0.05) is 49.6 Å². The van der Waals surface area contributed by atoms with Gasteiger partial charge in [-0.3, -0.25) is 9.59 Å². The van der Waals surface area contributed by atoms with Crippen molar-refractivity contribution >= 4 is 22.7 Å². The number of likely N-dealkylation sites (tertiary alicyclic amines) is 1. The average molecular weight is 434 g/mol. The summed E-state index contributed by atoms with van der Waals surface area (Å²) in [4.78, 5) is 27.8. The number of rotatable bonds is 3. The quantitative estimate of drug-likeness (QED) is 0.681. The Kier molecular flexibility index (Phi) is 5.24. The Balaban J connectivity index is 1.45. The van der Waals surface area contributed by atoms with E-state index in [1.165, 1.54) is 6.07 Å². The number of nitrogens with one attached hydrogen (secondary N) is 1. The summed E-state index contributed by atoms with van der Waals surface area (Å²) in [5, 5.41) is 4.33. The first-order valence-corrected chi connectivity index (χ1v) is 11.3. The number of nitrogens with zero attached hydrogens (tertiary/aromatic N) is 2. The second-order valence-corrected chi connectivity index (χ2v) is 9.25. The molecule has 3 heterocycles. The molecule has 2 aromatic carbocycles. The molecule has 3 aromatic rings. The van der Waals surface area contributed by atoms with Crippen LogP contribution in [0, 0.1) is 5.82 Å². The third-order valence-electron chi connectivity index (χ3n) is 7.13. The number of hydrogen-bond acceptors (Lipinski definition) is 2. The van der Waals surface area contributed by atoms with Crippen molar-refractivity contribution in [1.82, 2.24) is 14.8 Å². The van der Waals surface area contributed by atoms with Gasteiger partial charge in [0.2, 0.25) is 11.8 Å². The molecule has 2 atom stereocenters. The number of amides is 2. The highest BCUT2D eigenvalue weighted by Gasteiger charge is 2.49. The highest BCUT2D eigenvalue weighted by molar-refractivity contribution is 5.89. The van der Waals surface area contributed by atoms with E-state index in [0.717, 1.165) is 41.3 Å². The fraction of sp³-hybridized carbons (Fsp3) is 0.385. The lowest BCUT2D eigenvalue weighted by Gasteiger charge is -2.34. The van der Waals surface area contributed by atoms with Crippen molar-refractivity contribution in [3.8, 4) is 0 Å². The van der Waals surface area contributed by atoms with Crippen LogP contribution < -0.4 is 5.32 Å². The standard InChI is InChI=1S/C26H28FN3O2/c1-29-15-19(21-9-2-3-10-23(21)29)14-25(32)30-16-22(18-7-6-8-20(27)13-18)26(17-30)12-5-4-11-24(31)28-26/h2-3,6-10,13,15,22H,4-5,11-12,14,16-17H2,1H3,(H,28,31)/t22-,26+/m0/s1. The number of aryl methyl sites for hydroxylation is 1. The van der Waals surface area contributed by atoms with Gasteiger partial charge in [0.25, 0.3) is 0 Å². The van der Waals surface area contributed by atoms with E-state index in [2.05, 4.69) is 11.4 Å². The summed E-state index contributed by atoms with van der Waals surface area (Å²) >= 11 is 0. The van der Waals surface area contributed by atoms with Crippen molar-refractivity contribution in [1.29, 1.82) is 0 Å². The van der Waals surface area contributed by atoms with Gasteiger partial charge in [-0.15, -0.1) is 0 Å². The Morgan fingerprint density at radius 2 is 2.03 bits per heavy atom. The Morgan fingerprint density at radius 1 is 1.19 bits per heavy atom. The van der Waals surface area contributed by atoms with Gasteiger partial charge in [-0.05, 0) is 42.2 Å². The SMILES string of the molecule is Cn1cc(CC(=O)N2C[C@@H](c3cccc(F)c3)[C@@]3(CCCCC(=O)N3)C2)c2ccccc21. The van der Waals surface area contributed by atoms with Crippen LogP contribution in [0.4, 0.5) is 4.39 Å². The molecule has 1 N–H and O–H groups in total. The van der Waals surface area contributed by atoms with Crippen LogP contribution in [-0.2, 0) is 23.1 Å². The van der Waals surface area contributed by atoms with Crippen LogP contribution in [0.25, 0.3) is 10.9 Å². The lowest BCUT2D eigenvalue weighted by Crippen LogP contribution is -2.53. The molecule has 2 saturated heterocycles. The molecular weight excluding hydrogens is 405 g/mol. The summed E-state index contributed by atoms with van der Waals surface area (Å²) in [6.07, 6.45) is 5.37. The van der Waals surface area contributed by atoms with E-state index in [9.17, 15) is 14.0 Å². The normalized spacial score (nSPS) is 23.5. The lowest BCUT2D eigenvalue weighted by atomic mass is 9.79. The van der Waals surface area contributed by atoms with Gasteiger partial charge in [-0.1, -0.05) is 36.8 Å². The van der Waals surface area contributed by atoms with E-state index in [-0.39, 0.29) is 23.5 Å². The van der Waals surface area contributed by atoms with Crippen molar-refractivity contribution in [3.63, 3.8) is 0 Å². The predicted octanol–water partition coefficient (Wildman–Crippen LogP) is 3.91. The molecule has 32 heavy (non-hydrogen) atoms. The van der Waals surface area contributed by atoms with Crippen LogP contribution in [-0.4, -0.2) is 39.9 Å². The van der Waals surface area contributed by atoms with Gasteiger partial charge in [-0.25, -0.2) is 4.39 Å². The highest BCUT2D eigenvalue weighted by Crippen LogP contribution is 2.41. The first kappa shape index (κ1) is 20.7. The van der Waals surface area contributed by atoms with E-state index >= 15 is 0 Å². The number of hydrogen-bond donors (Lipinski definition) is 1. The number of carbonyl (C=O) groups is 2. The van der Waals surface area contributed by atoms with Gasteiger partial charge in [0.05, 0.1) is 12.0 Å². The van der Waals surface area contributed by atoms with Gasteiger partial charge >= 0.3 is 0 Å².